The summed E-state index contributed by atoms with van der Waals surface area (Å²) in [5, 5.41) is 0. The van der Waals surface area contributed by atoms with Gasteiger partial charge in [-0.3, -0.25) is 5.43 Å². The molecule has 0 heterocycles. The Bertz CT molecular complexity index is 483. The van der Waals surface area contributed by atoms with Crippen molar-refractivity contribution < 1.29 is 19.0 Å². The number of methoxy groups -OCH3 is 2. The van der Waals surface area contributed by atoms with Crippen molar-refractivity contribution in [3.63, 3.8) is 0 Å². The van der Waals surface area contributed by atoms with E-state index in [2.05, 4.69) is 10.9 Å². The molecule has 1 unspecified atom stereocenters. The number of carbonyl (C=O) groups is 1. The van der Waals surface area contributed by atoms with Crippen LogP contribution >= 0.6 is 0 Å². The fraction of sp³-hybridized carbons (Fsp3) is 0.533. The fourth-order valence-electron chi connectivity index (χ4n) is 1.73. The Morgan fingerprint density at radius 1 is 1.19 bits per heavy atom. The van der Waals surface area contributed by atoms with E-state index in [1.807, 2.05) is 25.1 Å². The second kappa shape index (κ2) is 7.17. The van der Waals surface area contributed by atoms with Gasteiger partial charge in [0, 0.05) is 5.56 Å². The van der Waals surface area contributed by atoms with Crippen LogP contribution in [0.4, 0.5) is 4.79 Å². The SMILES string of the molecule is COc1ccc(OC)c(C(C)NNC(=O)OC(C)(C)C)c1. The minimum atomic E-state index is -0.539. The first-order valence-electron chi connectivity index (χ1n) is 6.73. The van der Waals surface area contributed by atoms with Crippen molar-refractivity contribution in [1.82, 2.24) is 10.9 Å². The van der Waals surface area contributed by atoms with E-state index in [1.54, 1.807) is 35.0 Å². The Morgan fingerprint density at radius 2 is 1.86 bits per heavy atom. The molecule has 1 aromatic carbocycles. The van der Waals surface area contributed by atoms with Gasteiger partial charge in [0.2, 0.25) is 0 Å². The summed E-state index contributed by atoms with van der Waals surface area (Å²) in [6, 6.07) is 5.31. The zero-order valence-electron chi connectivity index (χ0n) is 13.4. The average Bonchev–Trinajstić information content (AvgIpc) is 2.42. The Morgan fingerprint density at radius 3 is 2.38 bits per heavy atom. The number of nitrogens with one attached hydrogen (secondary N) is 2. The molecule has 0 aliphatic heterocycles. The van der Waals surface area contributed by atoms with Gasteiger partial charge in [0.1, 0.15) is 17.1 Å². The summed E-state index contributed by atoms with van der Waals surface area (Å²) < 4.78 is 15.7. The van der Waals surface area contributed by atoms with Crippen LogP contribution in [0.15, 0.2) is 18.2 Å². The van der Waals surface area contributed by atoms with E-state index in [1.165, 1.54) is 0 Å². The summed E-state index contributed by atoms with van der Waals surface area (Å²) in [5.74, 6) is 1.43. The first-order chi connectivity index (χ1) is 9.76. The third-order valence-electron chi connectivity index (χ3n) is 2.69. The van der Waals surface area contributed by atoms with E-state index < -0.39 is 11.7 Å². The second-order valence-electron chi connectivity index (χ2n) is 5.60. The van der Waals surface area contributed by atoms with Crippen molar-refractivity contribution in [1.29, 1.82) is 0 Å². The Labute approximate surface area is 125 Å². The maximum Gasteiger partial charge on any atom is 0.422 e. The minimum absolute atomic E-state index is 0.178. The molecule has 1 aromatic rings. The Hall–Kier alpha value is -1.95. The smallest absolute Gasteiger partial charge is 0.422 e. The second-order valence-corrected chi connectivity index (χ2v) is 5.60. The molecule has 118 valence electrons. The summed E-state index contributed by atoms with van der Waals surface area (Å²) >= 11 is 0. The summed E-state index contributed by atoms with van der Waals surface area (Å²) in [5.41, 5.74) is 5.74. The van der Waals surface area contributed by atoms with Crippen LogP contribution in [0.1, 0.15) is 39.3 Å². The molecule has 1 rings (SSSR count). The highest BCUT2D eigenvalue weighted by Gasteiger charge is 2.18. The number of hydrogen-bond donors (Lipinski definition) is 2. The number of benzene rings is 1. The van der Waals surface area contributed by atoms with Gasteiger partial charge in [-0.1, -0.05) is 0 Å². The molecule has 2 N–H and O–H groups in total. The lowest BCUT2D eigenvalue weighted by Gasteiger charge is -2.22. The van der Waals surface area contributed by atoms with E-state index in [9.17, 15) is 4.79 Å². The molecule has 0 saturated carbocycles. The van der Waals surface area contributed by atoms with E-state index in [0.29, 0.717) is 5.75 Å². The van der Waals surface area contributed by atoms with Crippen LogP contribution in [0.25, 0.3) is 0 Å². The van der Waals surface area contributed by atoms with Crippen LogP contribution in [0.2, 0.25) is 0 Å². The van der Waals surface area contributed by atoms with Gasteiger partial charge in [0.05, 0.1) is 20.3 Å². The molecule has 0 bridgehead atoms. The Balaban J connectivity index is 2.71. The molecular weight excluding hydrogens is 272 g/mol. The van der Waals surface area contributed by atoms with Crippen LogP contribution in [-0.2, 0) is 4.74 Å². The molecule has 1 amide bonds. The molecule has 1 atom stereocenters. The van der Waals surface area contributed by atoms with Crippen LogP contribution in [0, 0.1) is 0 Å². The first-order valence-corrected chi connectivity index (χ1v) is 6.73. The molecular formula is C15H24N2O4. The van der Waals surface area contributed by atoms with Crippen LogP contribution in [0.5, 0.6) is 11.5 Å². The summed E-state index contributed by atoms with van der Waals surface area (Å²) in [7, 11) is 3.20. The maximum absolute atomic E-state index is 11.6. The summed E-state index contributed by atoms with van der Waals surface area (Å²) in [6.07, 6.45) is -0.531. The van der Waals surface area contributed by atoms with Crippen LogP contribution in [0.3, 0.4) is 0 Å². The van der Waals surface area contributed by atoms with Crippen LogP contribution < -0.4 is 20.3 Å². The van der Waals surface area contributed by atoms with Crippen molar-refractivity contribution in [2.75, 3.05) is 14.2 Å². The molecule has 6 heteroatoms. The van der Waals surface area contributed by atoms with Gasteiger partial charge in [-0.25, -0.2) is 10.2 Å². The third-order valence-corrected chi connectivity index (χ3v) is 2.69. The normalized spacial score (nSPS) is 12.5. The number of amides is 1. The van der Waals surface area contributed by atoms with Crippen molar-refractivity contribution >= 4 is 6.09 Å². The monoisotopic (exact) mass is 296 g/mol. The lowest BCUT2D eigenvalue weighted by molar-refractivity contribution is 0.0489. The van der Waals surface area contributed by atoms with E-state index >= 15 is 0 Å². The maximum atomic E-state index is 11.6. The largest absolute Gasteiger partial charge is 0.497 e. The molecule has 0 radical (unpaired) electrons. The predicted molar refractivity (Wildman–Crippen MR) is 80.5 cm³/mol. The fourth-order valence-corrected chi connectivity index (χ4v) is 1.73. The van der Waals surface area contributed by atoms with Gasteiger partial charge in [0.25, 0.3) is 0 Å². The number of hydrazine groups is 1. The zero-order valence-corrected chi connectivity index (χ0v) is 13.4. The number of rotatable bonds is 5. The van der Waals surface area contributed by atoms with Gasteiger partial charge < -0.3 is 14.2 Å². The zero-order chi connectivity index (χ0) is 16.0. The number of carbonyl (C=O) groups excluding carboxylic acids is 1. The quantitative estimate of drug-likeness (QED) is 0.818. The summed E-state index contributed by atoms with van der Waals surface area (Å²) in [6.45, 7) is 7.32. The molecule has 21 heavy (non-hydrogen) atoms. The molecule has 0 saturated heterocycles. The average molecular weight is 296 g/mol. The van der Waals surface area contributed by atoms with Crippen molar-refractivity contribution in [2.45, 2.75) is 39.3 Å². The highest BCUT2D eigenvalue weighted by atomic mass is 16.6. The highest BCUT2D eigenvalue weighted by molar-refractivity contribution is 5.67. The standard InChI is InChI=1S/C15H24N2O4/c1-10(16-17-14(18)21-15(2,3)4)12-9-11(19-5)7-8-13(12)20-6/h7-10,16H,1-6H3,(H,17,18). The topological polar surface area (TPSA) is 68.8 Å². The predicted octanol–water partition coefficient (Wildman–Crippen LogP) is 2.79. The van der Waals surface area contributed by atoms with Crippen molar-refractivity contribution in [3.05, 3.63) is 23.8 Å². The van der Waals surface area contributed by atoms with Crippen molar-refractivity contribution in [3.8, 4) is 11.5 Å². The molecule has 6 nitrogen and oxygen atoms in total. The Kier molecular flexibility index (Phi) is 5.84. The van der Waals surface area contributed by atoms with Gasteiger partial charge in [-0.05, 0) is 45.9 Å². The van der Waals surface area contributed by atoms with Gasteiger partial charge in [-0.2, -0.15) is 0 Å². The van der Waals surface area contributed by atoms with Gasteiger partial charge in [-0.15, -0.1) is 0 Å². The molecule has 0 fully saturated rings. The summed E-state index contributed by atoms with van der Waals surface area (Å²) in [4.78, 5) is 11.6. The highest BCUT2D eigenvalue weighted by Crippen LogP contribution is 2.28. The van der Waals surface area contributed by atoms with Gasteiger partial charge in [0.15, 0.2) is 0 Å². The van der Waals surface area contributed by atoms with E-state index in [4.69, 9.17) is 14.2 Å². The minimum Gasteiger partial charge on any atom is -0.497 e. The number of hydrogen-bond acceptors (Lipinski definition) is 5. The molecule has 0 spiro atoms. The molecule has 0 aliphatic rings. The lowest BCUT2D eigenvalue weighted by atomic mass is 10.1. The third kappa shape index (κ3) is 5.51. The van der Waals surface area contributed by atoms with E-state index in [-0.39, 0.29) is 6.04 Å². The van der Waals surface area contributed by atoms with Crippen LogP contribution in [-0.4, -0.2) is 25.9 Å². The molecule has 0 aliphatic carbocycles. The van der Waals surface area contributed by atoms with Gasteiger partial charge >= 0.3 is 6.09 Å². The van der Waals surface area contributed by atoms with Crippen molar-refractivity contribution in [2.24, 2.45) is 0 Å². The molecule has 0 aromatic heterocycles. The lowest BCUT2D eigenvalue weighted by Crippen LogP contribution is -2.42. The van der Waals surface area contributed by atoms with E-state index in [0.717, 1.165) is 11.3 Å². The number of ether oxygens (including phenoxy) is 3. The first kappa shape index (κ1) is 17.1.